The largest absolute Gasteiger partial charge is 0.508 e. The van der Waals surface area contributed by atoms with Crippen LogP contribution in [0.15, 0.2) is 29.3 Å². The number of carbonyl (C=O) groups is 4. The number of carboxylic acid groups (broad SMARTS) is 1. The molecule has 0 bridgehead atoms. The van der Waals surface area contributed by atoms with Crippen molar-refractivity contribution in [1.82, 2.24) is 16.0 Å². The minimum atomic E-state index is -1.24. The number of hydrogen-bond acceptors (Lipinski definition) is 8. The molecular weight excluding hydrogens is 502 g/mol. The van der Waals surface area contributed by atoms with Crippen LogP contribution in [0.5, 0.6) is 5.75 Å². The normalized spacial score (nSPS) is 13.9. The second-order valence-corrected chi connectivity index (χ2v) is 9.38. The summed E-state index contributed by atoms with van der Waals surface area (Å²) in [6.45, 7) is 1.60. The summed E-state index contributed by atoms with van der Waals surface area (Å²) in [6.07, 6.45) is 2.76. The van der Waals surface area contributed by atoms with E-state index < -0.39 is 47.9 Å². The highest BCUT2D eigenvalue weighted by Crippen LogP contribution is 2.12. The first kappa shape index (κ1) is 31.5. The van der Waals surface area contributed by atoms with Crippen molar-refractivity contribution in [3.63, 3.8) is 0 Å². The van der Waals surface area contributed by atoms with Crippen molar-refractivity contribution in [2.75, 3.05) is 18.6 Å². The first-order valence-electron chi connectivity index (χ1n) is 11.7. The molecule has 0 aliphatic carbocycles. The van der Waals surface area contributed by atoms with Crippen LogP contribution in [-0.4, -0.2) is 82.6 Å². The SMILES string of the molecule is CSCCC(N)C(=O)NC(Cc1ccc(O)cc1)C(=O)NC(C)C(=O)NC(CCCN=C(N)N)C(=O)O. The smallest absolute Gasteiger partial charge is 0.326 e. The summed E-state index contributed by atoms with van der Waals surface area (Å²) in [7, 11) is 0. The van der Waals surface area contributed by atoms with Gasteiger partial charge in [0.2, 0.25) is 17.7 Å². The first-order chi connectivity index (χ1) is 17.4. The van der Waals surface area contributed by atoms with Gasteiger partial charge in [0.15, 0.2) is 5.96 Å². The molecule has 0 spiro atoms. The van der Waals surface area contributed by atoms with Gasteiger partial charge in [-0.2, -0.15) is 11.8 Å². The molecule has 13 nitrogen and oxygen atoms in total. The molecule has 0 fully saturated rings. The molecule has 4 atom stereocenters. The minimum Gasteiger partial charge on any atom is -0.508 e. The second kappa shape index (κ2) is 16.3. The van der Waals surface area contributed by atoms with Crippen molar-refractivity contribution in [3.8, 4) is 5.75 Å². The fourth-order valence-corrected chi connectivity index (χ4v) is 3.66. The number of carbonyl (C=O) groups excluding carboxylic acids is 3. The Labute approximate surface area is 220 Å². The van der Waals surface area contributed by atoms with Gasteiger partial charge in [0.25, 0.3) is 0 Å². The van der Waals surface area contributed by atoms with Crippen LogP contribution in [0.1, 0.15) is 31.7 Å². The summed E-state index contributed by atoms with van der Waals surface area (Å²) in [5, 5.41) is 26.5. The van der Waals surface area contributed by atoms with Gasteiger partial charge in [0.05, 0.1) is 6.04 Å². The van der Waals surface area contributed by atoms with Gasteiger partial charge in [-0.25, -0.2) is 4.79 Å². The fourth-order valence-electron chi connectivity index (χ4n) is 3.17. The maximum absolute atomic E-state index is 13.0. The Hall–Kier alpha value is -3.52. The quantitative estimate of drug-likeness (QED) is 0.0696. The molecule has 37 heavy (non-hydrogen) atoms. The van der Waals surface area contributed by atoms with Crippen LogP contribution in [0.4, 0.5) is 0 Å². The molecular formula is C23H37N7O6S. The number of nitrogens with zero attached hydrogens (tertiary/aromatic N) is 1. The molecule has 1 rings (SSSR count). The van der Waals surface area contributed by atoms with E-state index in [0.29, 0.717) is 24.2 Å². The molecule has 1 aromatic rings. The van der Waals surface area contributed by atoms with Gasteiger partial charge in [0.1, 0.15) is 23.9 Å². The van der Waals surface area contributed by atoms with Gasteiger partial charge in [-0.1, -0.05) is 12.1 Å². The Morgan fingerprint density at radius 1 is 0.973 bits per heavy atom. The zero-order chi connectivity index (χ0) is 28.0. The number of thioether (sulfide) groups is 1. The van der Waals surface area contributed by atoms with E-state index in [2.05, 4.69) is 20.9 Å². The Morgan fingerprint density at radius 2 is 1.59 bits per heavy atom. The summed E-state index contributed by atoms with van der Waals surface area (Å²) in [4.78, 5) is 53.5. The number of amides is 3. The number of aliphatic imine (C=N–C) groups is 1. The summed E-state index contributed by atoms with van der Waals surface area (Å²) in [5.74, 6) is -2.53. The Morgan fingerprint density at radius 3 is 2.16 bits per heavy atom. The second-order valence-electron chi connectivity index (χ2n) is 8.40. The number of phenols is 1. The molecule has 14 heteroatoms. The number of rotatable bonds is 16. The Kier molecular flexibility index (Phi) is 13.9. The topological polar surface area (TPSA) is 235 Å². The van der Waals surface area contributed by atoms with Crippen LogP contribution in [0.2, 0.25) is 0 Å². The van der Waals surface area contributed by atoms with Crippen molar-refractivity contribution >= 4 is 41.4 Å². The highest BCUT2D eigenvalue weighted by Gasteiger charge is 2.28. The number of hydrogen-bond donors (Lipinski definition) is 8. The van der Waals surface area contributed by atoms with Gasteiger partial charge >= 0.3 is 5.97 Å². The third-order valence-corrected chi connectivity index (χ3v) is 5.93. The lowest BCUT2D eigenvalue weighted by atomic mass is 10.0. The number of benzene rings is 1. The monoisotopic (exact) mass is 539 g/mol. The predicted octanol–water partition coefficient (Wildman–Crippen LogP) is -1.37. The lowest BCUT2D eigenvalue weighted by Crippen LogP contribution is -2.56. The van der Waals surface area contributed by atoms with E-state index in [1.807, 2.05) is 6.26 Å². The Bertz CT molecular complexity index is 940. The van der Waals surface area contributed by atoms with Gasteiger partial charge in [-0.15, -0.1) is 0 Å². The number of aromatic hydroxyl groups is 1. The Balaban J connectivity index is 2.86. The number of phenolic OH excluding ortho intramolecular Hbond substituents is 1. The number of nitrogens with one attached hydrogen (secondary N) is 3. The maximum atomic E-state index is 13.0. The number of nitrogens with two attached hydrogens (primary N) is 3. The number of aliphatic carboxylic acids is 1. The molecule has 11 N–H and O–H groups in total. The molecule has 0 saturated carbocycles. The van der Waals surface area contributed by atoms with Gasteiger partial charge in [-0.3, -0.25) is 19.4 Å². The van der Waals surface area contributed by atoms with Crippen molar-refractivity contribution in [1.29, 1.82) is 0 Å². The van der Waals surface area contributed by atoms with E-state index in [1.165, 1.54) is 30.8 Å². The van der Waals surface area contributed by atoms with Crippen LogP contribution in [0, 0.1) is 0 Å². The zero-order valence-electron chi connectivity index (χ0n) is 21.0. The fraction of sp³-hybridized carbons (Fsp3) is 0.522. The van der Waals surface area contributed by atoms with Gasteiger partial charge in [0, 0.05) is 13.0 Å². The molecule has 1 aromatic carbocycles. The van der Waals surface area contributed by atoms with Crippen molar-refractivity contribution < 1.29 is 29.4 Å². The third kappa shape index (κ3) is 12.3. The van der Waals surface area contributed by atoms with Crippen molar-refractivity contribution in [2.45, 2.75) is 56.8 Å². The average molecular weight is 540 g/mol. The van der Waals surface area contributed by atoms with Crippen LogP contribution < -0.4 is 33.2 Å². The molecule has 4 unspecified atom stereocenters. The summed E-state index contributed by atoms with van der Waals surface area (Å²) >= 11 is 1.54. The van der Waals surface area contributed by atoms with Crippen LogP contribution in [0.3, 0.4) is 0 Å². The standard InChI is InChI=1S/C23H37N7O6S/c1-13(19(32)29-17(22(35)36)4-3-10-27-23(25)26)28-21(34)18(12-14-5-7-15(31)8-6-14)30-20(33)16(24)9-11-37-2/h5-8,13,16-18,31H,3-4,9-12,24H2,1-2H3,(H,28,34)(H,29,32)(H,30,33)(H,35,36)(H4,25,26,27). The molecule has 206 valence electrons. The van der Waals surface area contributed by atoms with Crippen LogP contribution in [-0.2, 0) is 25.6 Å². The molecule has 3 amide bonds. The van der Waals surface area contributed by atoms with Gasteiger partial charge < -0.3 is 43.4 Å². The van der Waals surface area contributed by atoms with E-state index in [1.54, 1.807) is 12.1 Å². The minimum absolute atomic E-state index is 0.0458. The molecule has 0 saturated heterocycles. The van der Waals surface area contributed by atoms with Gasteiger partial charge in [-0.05, 0) is 55.9 Å². The molecule has 0 aliphatic rings. The highest BCUT2D eigenvalue weighted by molar-refractivity contribution is 7.98. The van der Waals surface area contributed by atoms with Crippen molar-refractivity contribution in [3.05, 3.63) is 29.8 Å². The van der Waals surface area contributed by atoms with E-state index in [-0.39, 0.29) is 31.1 Å². The van der Waals surface area contributed by atoms with Crippen LogP contribution >= 0.6 is 11.8 Å². The molecule has 0 aliphatic heterocycles. The average Bonchev–Trinajstić information content (AvgIpc) is 2.84. The summed E-state index contributed by atoms with van der Waals surface area (Å²) in [6, 6.07) is 1.91. The number of carboxylic acids is 1. The van der Waals surface area contributed by atoms with E-state index in [9.17, 15) is 29.4 Å². The van der Waals surface area contributed by atoms with E-state index in [4.69, 9.17) is 17.2 Å². The predicted molar refractivity (Wildman–Crippen MR) is 142 cm³/mol. The summed E-state index contributed by atoms with van der Waals surface area (Å²) < 4.78 is 0. The lowest BCUT2D eigenvalue weighted by Gasteiger charge is -2.23. The number of guanidine groups is 1. The van der Waals surface area contributed by atoms with E-state index >= 15 is 0 Å². The summed E-state index contributed by atoms with van der Waals surface area (Å²) in [5.41, 5.74) is 17.1. The molecule has 0 radical (unpaired) electrons. The van der Waals surface area contributed by atoms with Crippen LogP contribution in [0.25, 0.3) is 0 Å². The van der Waals surface area contributed by atoms with E-state index in [0.717, 1.165) is 0 Å². The highest BCUT2D eigenvalue weighted by atomic mass is 32.2. The molecule has 0 heterocycles. The van der Waals surface area contributed by atoms with Crippen molar-refractivity contribution in [2.24, 2.45) is 22.2 Å². The lowest BCUT2D eigenvalue weighted by molar-refractivity contribution is -0.142. The first-order valence-corrected chi connectivity index (χ1v) is 13.1. The maximum Gasteiger partial charge on any atom is 0.326 e. The third-order valence-electron chi connectivity index (χ3n) is 5.29. The molecule has 0 aromatic heterocycles. The zero-order valence-corrected chi connectivity index (χ0v) is 21.8.